The normalized spacial score (nSPS) is 18.5. The largest absolute Gasteiger partial charge is 0.490 e. The maximum absolute atomic E-state index is 11.2. The Kier molecular flexibility index (Phi) is 6.30. The molecule has 14 heteroatoms. The highest BCUT2D eigenvalue weighted by Crippen LogP contribution is 2.36. The number of nitriles is 1. The fraction of sp³-hybridized carbons (Fsp3) is 0.444. The molecule has 1 atom stereocenters. The first-order valence-corrected chi connectivity index (χ1v) is 9.41. The molecule has 2 saturated heterocycles. The van der Waals surface area contributed by atoms with Crippen molar-refractivity contribution in [3.8, 4) is 6.07 Å². The molecule has 1 aromatic heterocycles. The molecule has 11 nitrogen and oxygen atoms in total. The SMILES string of the molecule is N#CC1CN(c2nnc(N3CCC(N)C3)c3ccc([N+](=O)[O-])cc23)C1.O=C(O)C(F)(F)F. The van der Waals surface area contributed by atoms with Gasteiger partial charge in [-0.3, -0.25) is 10.1 Å². The van der Waals surface area contributed by atoms with Crippen LogP contribution >= 0.6 is 0 Å². The van der Waals surface area contributed by atoms with Gasteiger partial charge < -0.3 is 20.6 Å². The van der Waals surface area contributed by atoms with Gasteiger partial charge in [0.05, 0.1) is 16.9 Å². The number of anilines is 2. The summed E-state index contributed by atoms with van der Waals surface area (Å²) < 4.78 is 31.7. The van der Waals surface area contributed by atoms with E-state index in [1.807, 2.05) is 4.90 Å². The van der Waals surface area contributed by atoms with Crippen LogP contribution in [-0.4, -0.2) is 64.6 Å². The number of carboxylic acid groups (broad SMARTS) is 1. The molecule has 32 heavy (non-hydrogen) atoms. The maximum atomic E-state index is 11.2. The number of aliphatic carboxylic acids is 1. The minimum absolute atomic E-state index is 0.0168. The first-order valence-electron chi connectivity index (χ1n) is 9.41. The zero-order valence-corrected chi connectivity index (χ0v) is 16.5. The summed E-state index contributed by atoms with van der Waals surface area (Å²) in [6.45, 7) is 2.62. The van der Waals surface area contributed by atoms with Crippen LogP contribution in [0.4, 0.5) is 30.5 Å². The van der Waals surface area contributed by atoms with Gasteiger partial charge in [-0.25, -0.2) is 4.79 Å². The number of carbonyl (C=O) groups is 1. The number of alkyl halides is 3. The summed E-state index contributed by atoms with van der Waals surface area (Å²) in [6.07, 6.45) is -4.20. The smallest absolute Gasteiger partial charge is 0.475 e. The molecule has 4 rings (SSSR count). The second kappa shape index (κ2) is 8.79. The number of aromatic nitrogens is 2. The Labute approximate surface area is 179 Å². The molecule has 2 aliphatic heterocycles. The summed E-state index contributed by atoms with van der Waals surface area (Å²) in [5, 5.41) is 37.5. The number of hydrogen-bond acceptors (Lipinski definition) is 9. The Bertz CT molecular complexity index is 1080. The van der Waals surface area contributed by atoms with Crippen LogP contribution in [0.2, 0.25) is 0 Å². The van der Waals surface area contributed by atoms with E-state index in [0.717, 1.165) is 18.4 Å². The van der Waals surface area contributed by atoms with Crippen LogP contribution in [0.5, 0.6) is 0 Å². The molecule has 2 aromatic rings. The molecule has 2 aliphatic rings. The highest BCUT2D eigenvalue weighted by atomic mass is 19.4. The molecule has 1 unspecified atom stereocenters. The summed E-state index contributed by atoms with van der Waals surface area (Å²) in [7, 11) is 0. The number of rotatable bonds is 3. The quantitative estimate of drug-likeness (QED) is 0.516. The topological polar surface area (TPSA) is 163 Å². The summed E-state index contributed by atoms with van der Waals surface area (Å²) >= 11 is 0. The first kappa shape index (κ1) is 22.9. The minimum Gasteiger partial charge on any atom is -0.475 e. The second-order valence-electron chi connectivity index (χ2n) is 7.36. The van der Waals surface area contributed by atoms with Crippen molar-refractivity contribution < 1.29 is 28.0 Å². The van der Waals surface area contributed by atoms with Crippen molar-refractivity contribution in [2.75, 3.05) is 36.0 Å². The van der Waals surface area contributed by atoms with Gasteiger partial charge in [-0.05, 0) is 12.5 Å². The van der Waals surface area contributed by atoms with Crippen LogP contribution in [-0.2, 0) is 4.79 Å². The predicted octanol–water partition coefficient (Wildman–Crippen LogP) is 1.67. The Hall–Kier alpha value is -3.73. The zero-order valence-electron chi connectivity index (χ0n) is 16.5. The molecule has 0 radical (unpaired) electrons. The van der Waals surface area contributed by atoms with Crippen LogP contribution in [0.3, 0.4) is 0 Å². The Morgan fingerprint density at radius 3 is 2.28 bits per heavy atom. The van der Waals surface area contributed by atoms with Crippen molar-refractivity contribution >= 4 is 34.1 Å². The third-order valence-electron chi connectivity index (χ3n) is 5.07. The number of carboxylic acids is 1. The Morgan fingerprint density at radius 2 is 1.81 bits per heavy atom. The Balaban J connectivity index is 0.000000360. The number of nitrogens with zero attached hydrogens (tertiary/aromatic N) is 6. The van der Waals surface area contributed by atoms with Gasteiger partial charge >= 0.3 is 12.1 Å². The summed E-state index contributed by atoms with van der Waals surface area (Å²) in [6, 6.07) is 7.07. The fourth-order valence-electron chi connectivity index (χ4n) is 3.41. The lowest BCUT2D eigenvalue weighted by Gasteiger charge is -2.36. The molecule has 0 amide bonds. The third-order valence-corrected chi connectivity index (χ3v) is 5.07. The Morgan fingerprint density at radius 1 is 1.22 bits per heavy atom. The molecule has 0 bridgehead atoms. The zero-order chi connectivity index (χ0) is 23.6. The third kappa shape index (κ3) is 4.78. The van der Waals surface area contributed by atoms with Gasteiger partial charge in [0.1, 0.15) is 0 Å². The van der Waals surface area contributed by atoms with Gasteiger partial charge in [-0.1, -0.05) is 0 Å². The molecule has 170 valence electrons. The molecule has 0 spiro atoms. The fourth-order valence-corrected chi connectivity index (χ4v) is 3.41. The van der Waals surface area contributed by atoms with E-state index in [-0.39, 0.29) is 17.6 Å². The van der Waals surface area contributed by atoms with Crippen molar-refractivity contribution in [2.24, 2.45) is 11.7 Å². The van der Waals surface area contributed by atoms with Crippen molar-refractivity contribution in [1.82, 2.24) is 10.2 Å². The summed E-state index contributed by atoms with van der Waals surface area (Å²) in [5.74, 6) is -1.49. The average molecular weight is 453 g/mol. The van der Waals surface area contributed by atoms with Crippen LogP contribution in [0, 0.1) is 27.4 Å². The number of nitro groups is 1. The molecular weight excluding hydrogens is 435 g/mol. The standard InChI is InChI=1S/C16H17N7O2.C2HF3O2/c17-6-10-7-22(8-10)16-14-5-12(23(24)25)1-2-13(14)15(19-20-16)21-4-3-11(18)9-21;3-2(4,5)1(6)7/h1-2,5,10-11H,3-4,7-9,18H2;(H,6,7). The molecule has 2 fully saturated rings. The molecule has 3 heterocycles. The van der Waals surface area contributed by atoms with Crippen LogP contribution < -0.4 is 15.5 Å². The van der Waals surface area contributed by atoms with Gasteiger partial charge in [0.2, 0.25) is 0 Å². The van der Waals surface area contributed by atoms with Gasteiger partial charge in [0, 0.05) is 55.1 Å². The molecule has 3 N–H and O–H groups in total. The predicted molar refractivity (Wildman–Crippen MR) is 106 cm³/mol. The van der Waals surface area contributed by atoms with Gasteiger partial charge in [0.15, 0.2) is 11.6 Å². The van der Waals surface area contributed by atoms with E-state index in [2.05, 4.69) is 21.2 Å². The lowest BCUT2D eigenvalue weighted by Crippen LogP contribution is -2.46. The minimum atomic E-state index is -5.08. The van der Waals surface area contributed by atoms with Crippen LogP contribution in [0.1, 0.15) is 6.42 Å². The van der Waals surface area contributed by atoms with E-state index in [1.165, 1.54) is 6.07 Å². The summed E-state index contributed by atoms with van der Waals surface area (Å²) in [5.41, 5.74) is 6.01. The molecule has 1 aromatic carbocycles. The van der Waals surface area contributed by atoms with Gasteiger partial charge in [-0.15, -0.1) is 10.2 Å². The van der Waals surface area contributed by atoms with E-state index < -0.39 is 17.1 Å². The number of fused-ring (bicyclic) bond motifs is 1. The lowest BCUT2D eigenvalue weighted by molar-refractivity contribution is -0.384. The van der Waals surface area contributed by atoms with Crippen LogP contribution in [0.15, 0.2) is 18.2 Å². The van der Waals surface area contributed by atoms with Crippen molar-refractivity contribution in [3.63, 3.8) is 0 Å². The molecule has 0 aliphatic carbocycles. The van der Waals surface area contributed by atoms with Crippen molar-refractivity contribution in [3.05, 3.63) is 28.3 Å². The van der Waals surface area contributed by atoms with E-state index >= 15 is 0 Å². The van der Waals surface area contributed by atoms with Gasteiger partial charge in [-0.2, -0.15) is 18.4 Å². The lowest BCUT2D eigenvalue weighted by atomic mass is 10.0. The van der Waals surface area contributed by atoms with Gasteiger partial charge in [0.25, 0.3) is 5.69 Å². The molecule has 0 saturated carbocycles. The van der Waals surface area contributed by atoms with E-state index in [0.29, 0.717) is 36.7 Å². The monoisotopic (exact) mass is 453 g/mol. The number of hydrogen-bond donors (Lipinski definition) is 2. The number of halogens is 3. The maximum Gasteiger partial charge on any atom is 0.490 e. The second-order valence-corrected chi connectivity index (χ2v) is 7.36. The van der Waals surface area contributed by atoms with E-state index in [9.17, 15) is 23.3 Å². The van der Waals surface area contributed by atoms with Crippen molar-refractivity contribution in [2.45, 2.75) is 18.6 Å². The average Bonchev–Trinajstić information content (AvgIpc) is 3.12. The number of benzene rings is 1. The van der Waals surface area contributed by atoms with E-state index in [1.54, 1.807) is 12.1 Å². The van der Waals surface area contributed by atoms with Crippen LogP contribution in [0.25, 0.3) is 10.8 Å². The van der Waals surface area contributed by atoms with E-state index in [4.69, 9.17) is 20.9 Å². The molecular formula is C18H18F3N7O4. The highest BCUT2D eigenvalue weighted by Gasteiger charge is 2.38. The first-order chi connectivity index (χ1) is 15.0. The number of non-ortho nitro benzene ring substituents is 1. The highest BCUT2D eigenvalue weighted by molar-refractivity contribution is 6.00. The summed E-state index contributed by atoms with van der Waals surface area (Å²) in [4.78, 5) is 23.7. The number of nitrogens with two attached hydrogens (primary N) is 1. The number of nitro benzene ring substituents is 1. The van der Waals surface area contributed by atoms with Crippen molar-refractivity contribution in [1.29, 1.82) is 5.26 Å².